The van der Waals surface area contributed by atoms with Crippen LogP contribution in [-0.2, 0) is 9.05 Å². The normalized spacial score (nSPS) is 11.8. The van der Waals surface area contributed by atoms with E-state index in [-0.39, 0.29) is 0 Å². The molecule has 0 aromatic heterocycles. The van der Waals surface area contributed by atoms with Crippen molar-refractivity contribution in [2.75, 3.05) is 13.6 Å². The Balaban J connectivity index is 3.31. The van der Waals surface area contributed by atoms with Crippen LogP contribution >= 0.6 is 10.7 Å². The first-order valence-electron chi connectivity index (χ1n) is 5.01. The minimum atomic E-state index is -4.40. The van der Waals surface area contributed by atoms with Crippen LogP contribution in [-0.4, -0.2) is 39.2 Å². The van der Waals surface area contributed by atoms with Crippen molar-refractivity contribution in [2.45, 2.75) is 11.3 Å². The Labute approximate surface area is 116 Å². The van der Waals surface area contributed by atoms with Crippen LogP contribution < -0.4 is 0 Å². The molecule has 20 heavy (non-hydrogen) atoms. The van der Waals surface area contributed by atoms with Crippen LogP contribution in [0.4, 0.5) is 17.6 Å². The molecule has 0 atom stereocenters. The van der Waals surface area contributed by atoms with E-state index in [1.165, 1.54) is 0 Å². The van der Waals surface area contributed by atoms with Gasteiger partial charge in [0, 0.05) is 17.7 Å². The van der Waals surface area contributed by atoms with Crippen molar-refractivity contribution in [3.63, 3.8) is 0 Å². The van der Waals surface area contributed by atoms with Crippen LogP contribution in [0.25, 0.3) is 0 Å². The zero-order chi connectivity index (χ0) is 15.7. The van der Waals surface area contributed by atoms with Gasteiger partial charge in [-0.15, -0.1) is 0 Å². The minimum absolute atomic E-state index is 0.293. The van der Waals surface area contributed by atoms with E-state index in [4.69, 9.17) is 10.7 Å². The quantitative estimate of drug-likeness (QED) is 0.627. The number of carbonyl (C=O) groups is 1. The molecule has 0 heterocycles. The summed E-state index contributed by atoms with van der Waals surface area (Å²) < 4.78 is 73.1. The van der Waals surface area contributed by atoms with Crippen molar-refractivity contribution in [3.05, 3.63) is 29.3 Å². The van der Waals surface area contributed by atoms with Gasteiger partial charge in [0.05, 0.1) is 17.0 Å². The molecule has 0 unspecified atom stereocenters. The summed E-state index contributed by atoms with van der Waals surface area (Å²) in [7, 11) is 1.50. The highest BCUT2D eigenvalue weighted by Gasteiger charge is 2.25. The van der Waals surface area contributed by atoms with Gasteiger partial charge < -0.3 is 4.90 Å². The number of alkyl halides is 2. The summed E-state index contributed by atoms with van der Waals surface area (Å²) in [6.45, 7) is -1.02. The van der Waals surface area contributed by atoms with Gasteiger partial charge in [-0.3, -0.25) is 4.79 Å². The molecule has 0 bridgehead atoms. The summed E-state index contributed by atoms with van der Waals surface area (Å²) in [6.07, 6.45) is -2.88. The van der Waals surface area contributed by atoms with E-state index < -0.39 is 50.0 Å². The predicted molar refractivity (Wildman–Crippen MR) is 62.4 cm³/mol. The van der Waals surface area contributed by atoms with Crippen molar-refractivity contribution in [2.24, 2.45) is 0 Å². The number of nitrogens with zero attached hydrogens (tertiary/aromatic N) is 1. The molecule has 10 heteroatoms. The largest absolute Gasteiger partial charge is 0.336 e. The van der Waals surface area contributed by atoms with Gasteiger partial charge in [0.2, 0.25) is 0 Å². The summed E-state index contributed by atoms with van der Waals surface area (Å²) in [6, 6.07) is 0.784. The average Bonchev–Trinajstić information content (AvgIpc) is 2.29. The van der Waals surface area contributed by atoms with E-state index in [2.05, 4.69) is 0 Å². The number of halogens is 5. The van der Waals surface area contributed by atoms with E-state index in [1.54, 1.807) is 0 Å². The summed E-state index contributed by atoms with van der Waals surface area (Å²) >= 11 is 0. The second kappa shape index (κ2) is 5.96. The Morgan fingerprint density at radius 3 is 2.35 bits per heavy atom. The van der Waals surface area contributed by atoms with Crippen LogP contribution in [0.5, 0.6) is 0 Å². The third-order valence-electron chi connectivity index (χ3n) is 2.27. The van der Waals surface area contributed by atoms with Gasteiger partial charge in [-0.1, -0.05) is 0 Å². The van der Waals surface area contributed by atoms with Crippen molar-refractivity contribution in [1.29, 1.82) is 0 Å². The molecule has 0 aliphatic rings. The highest BCUT2D eigenvalue weighted by Crippen LogP contribution is 2.22. The van der Waals surface area contributed by atoms with Crippen molar-refractivity contribution in [3.8, 4) is 0 Å². The monoisotopic (exact) mass is 333 g/mol. The maximum atomic E-state index is 13.5. The second-order valence-electron chi connectivity index (χ2n) is 3.78. The summed E-state index contributed by atoms with van der Waals surface area (Å²) in [5, 5.41) is 0. The number of carbonyl (C=O) groups excluding carboxylic acids is 1. The first-order valence-corrected chi connectivity index (χ1v) is 7.32. The molecule has 0 saturated heterocycles. The van der Waals surface area contributed by atoms with Crippen LogP contribution in [0, 0.1) is 11.6 Å². The lowest BCUT2D eigenvalue weighted by Crippen LogP contribution is -2.32. The molecule has 0 aliphatic carbocycles. The topological polar surface area (TPSA) is 54.5 Å². The zero-order valence-corrected chi connectivity index (χ0v) is 11.5. The van der Waals surface area contributed by atoms with Crippen molar-refractivity contribution < 1.29 is 30.8 Å². The summed E-state index contributed by atoms with van der Waals surface area (Å²) in [5.41, 5.74) is -0.993. The van der Waals surface area contributed by atoms with Gasteiger partial charge in [-0.2, -0.15) is 0 Å². The third kappa shape index (κ3) is 3.83. The molecule has 4 nitrogen and oxygen atoms in total. The molecule has 0 radical (unpaired) electrons. The van der Waals surface area contributed by atoms with Gasteiger partial charge in [0.1, 0.15) is 0 Å². The Kier molecular flexibility index (Phi) is 4.98. The van der Waals surface area contributed by atoms with E-state index in [9.17, 15) is 30.8 Å². The fraction of sp³-hybridized carbons (Fsp3) is 0.300. The molecular formula is C10H8ClF4NO3S. The minimum Gasteiger partial charge on any atom is -0.336 e. The number of hydrogen-bond donors (Lipinski definition) is 0. The molecule has 0 aliphatic heterocycles. The number of rotatable bonds is 4. The Bertz CT molecular complexity index is 636. The van der Waals surface area contributed by atoms with Crippen LogP contribution in [0.1, 0.15) is 10.4 Å². The van der Waals surface area contributed by atoms with E-state index in [0.717, 1.165) is 7.05 Å². The van der Waals surface area contributed by atoms with Crippen molar-refractivity contribution in [1.82, 2.24) is 4.90 Å². The molecule has 1 aromatic rings. The van der Waals surface area contributed by atoms with E-state index >= 15 is 0 Å². The zero-order valence-electron chi connectivity index (χ0n) is 9.91. The van der Waals surface area contributed by atoms with Gasteiger partial charge in [-0.25, -0.2) is 26.0 Å². The SMILES string of the molecule is CN(CC(F)F)C(=O)c1cc(S(=O)(=O)Cl)cc(F)c1F. The van der Waals surface area contributed by atoms with E-state index in [0.29, 0.717) is 17.0 Å². The molecule has 1 aromatic carbocycles. The lowest BCUT2D eigenvalue weighted by atomic mass is 10.2. The van der Waals surface area contributed by atoms with Gasteiger partial charge in [-0.05, 0) is 12.1 Å². The van der Waals surface area contributed by atoms with Gasteiger partial charge in [0.15, 0.2) is 11.6 Å². The maximum Gasteiger partial charge on any atom is 0.261 e. The standard InChI is InChI=1S/C10H8ClF4NO3S/c1-16(4-8(13)14)10(17)6-2-5(20(11,18)19)3-7(12)9(6)15/h2-3,8H,4H2,1H3. The average molecular weight is 334 g/mol. The lowest BCUT2D eigenvalue weighted by Gasteiger charge is -2.17. The van der Waals surface area contributed by atoms with Crippen LogP contribution in [0.15, 0.2) is 17.0 Å². The number of benzene rings is 1. The van der Waals surface area contributed by atoms with Crippen molar-refractivity contribution >= 4 is 25.6 Å². The number of amides is 1. The summed E-state index contributed by atoms with van der Waals surface area (Å²) in [4.78, 5) is 11.3. The smallest absolute Gasteiger partial charge is 0.261 e. The lowest BCUT2D eigenvalue weighted by molar-refractivity contribution is 0.0615. The van der Waals surface area contributed by atoms with Crippen LogP contribution in [0.3, 0.4) is 0 Å². The summed E-state index contributed by atoms with van der Waals surface area (Å²) in [5.74, 6) is -4.55. The molecule has 1 rings (SSSR count). The first-order chi connectivity index (χ1) is 9.04. The molecule has 112 valence electrons. The van der Waals surface area contributed by atoms with E-state index in [1.807, 2.05) is 0 Å². The Morgan fingerprint density at radius 2 is 1.90 bits per heavy atom. The fourth-order valence-electron chi connectivity index (χ4n) is 1.36. The third-order valence-corrected chi connectivity index (χ3v) is 3.61. The molecule has 0 fully saturated rings. The Hall–Kier alpha value is -1.35. The maximum absolute atomic E-state index is 13.5. The molecule has 0 saturated carbocycles. The highest BCUT2D eigenvalue weighted by molar-refractivity contribution is 8.13. The predicted octanol–water partition coefficient (Wildman–Crippen LogP) is 2.23. The molecular weight excluding hydrogens is 326 g/mol. The second-order valence-corrected chi connectivity index (χ2v) is 6.35. The fourth-order valence-corrected chi connectivity index (χ4v) is 2.13. The van der Waals surface area contributed by atoms with Gasteiger partial charge >= 0.3 is 0 Å². The molecule has 1 amide bonds. The Morgan fingerprint density at radius 1 is 1.35 bits per heavy atom. The van der Waals surface area contributed by atoms with Gasteiger partial charge in [0.25, 0.3) is 21.4 Å². The first kappa shape index (κ1) is 16.7. The van der Waals surface area contributed by atoms with Crippen LogP contribution in [0.2, 0.25) is 0 Å². The highest BCUT2D eigenvalue weighted by atomic mass is 35.7. The molecule has 0 spiro atoms. The molecule has 0 N–H and O–H groups in total. The number of hydrogen-bond acceptors (Lipinski definition) is 3.